The first-order valence-electron chi connectivity index (χ1n) is 8.60. The van der Waals surface area contributed by atoms with Gasteiger partial charge >= 0.3 is 0 Å². The molecule has 4 rings (SSSR count). The van der Waals surface area contributed by atoms with Gasteiger partial charge in [0.25, 0.3) is 5.56 Å². The van der Waals surface area contributed by atoms with E-state index in [2.05, 4.69) is 10.3 Å². The average Bonchev–Trinajstić information content (AvgIpc) is 2.66. The number of ether oxygens (including phenoxy) is 2. The SMILES string of the molecule is O=C(CCc1cc2cc3c(cc2[nH]c1=O)OCCO3)Nc1ccccc1F. The van der Waals surface area contributed by atoms with Gasteiger partial charge in [-0.1, -0.05) is 12.1 Å². The van der Waals surface area contributed by atoms with Gasteiger partial charge < -0.3 is 19.8 Å². The highest BCUT2D eigenvalue weighted by Gasteiger charge is 2.14. The van der Waals surface area contributed by atoms with Crippen LogP contribution in [-0.4, -0.2) is 24.1 Å². The van der Waals surface area contributed by atoms with Crippen molar-refractivity contribution in [3.05, 3.63) is 64.2 Å². The summed E-state index contributed by atoms with van der Waals surface area (Å²) in [7, 11) is 0. The largest absolute Gasteiger partial charge is 0.486 e. The number of H-pyrrole nitrogens is 1. The Bertz CT molecular complexity index is 1080. The van der Waals surface area contributed by atoms with Gasteiger partial charge in [-0.15, -0.1) is 0 Å². The zero-order valence-corrected chi connectivity index (χ0v) is 14.4. The number of aromatic amines is 1. The second-order valence-corrected chi connectivity index (χ2v) is 6.23. The number of benzene rings is 2. The van der Waals surface area contributed by atoms with Crippen LogP contribution in [0.25, 0.3) is 10.9 Å². The van der Waals surface area contributed by atoms with Crippen molar-refractivity contribution in [2.45, 2.75) is 12.8 Å². The molecular formula is C20H17FN2O4. The van der Waals surface area contributed by atoms with E-state index in [1.165, 1.54) is 12.1 Å². The molecule has 0 bridgehead atoms. The molecule has 0 unspecified atom stereocenters. The Morgan fingerprint density at radius 3 is 2.63 bits per heavy atom. The summed E-state index contributed by atoms with van der Waals surface area (Å²) in [5.74, 6) is 0.369. The molecule has 1 aliphatic heterocycles. The van der Waals surface area contributed by atoms with E-state index in [9.17, 15) is 14.0 Å². The molecule has 0 atom stereocenters. The molecule has 3 aromatic rings. The van der Waals surface area contributed by atoms with Gasteiger partial charge in [-0.2, -0.15) is 0 Å². The molecule has 0 saturated heterocycles. The maximum atomic E-state index is 13.6. The predicted molar refractivity (Wildman–Crippen MR) is 98.9 cm³/mol. The standard InChI is InChI=1S/C20H17FN2O4/c21-14-3-1-2-4-15(14)22-19(24)6-5-12-9-13-10-17-18(27-8-7-26-17)11-16(13)23-20(12)25/h1-4,9-11H,5-8H2,(H,22,24)(H,23,25). The predicted octanol–water partition coefficient (Wildman–Crippen LogP) is 3.01. The highest BCUT2D eigenvalue weighted by molar-refractivity contribution is 5.91. The van der Waals surface area contributed by atoms with E-state index in [1.807, 2.05) is 6.07 Å². The van der Waals surface area contributed by atoms with Crippen LogP contribution in [0.2, 0.25) is 0 Å². The van der Waals surface area contributed by atoms with Crippen LogP contribution in [0.3, 0.4) is 0 Å². The topological polar surface area (TPSA) is 80.4 Å². The summed E-state index contributed by atoms with van der Waals surface area (Å²) in [5.41, 5.74) is 0.975. The highest BCUT2D eigenvalue weighted by atomic mass is 19.1. The lowest BCUT2D eigenvalue weighted by atomic mass is 10.1. The maximum absolute atomic E-state index is 13.6. The third-order valence-electron chi connectivity index (χ3n) is 4.35. The van der Waals surface area contributed by atoms with Crippen LogP contribution in [0.15, 0.2) is 47.3 Å². The highest BCUT2D eigenvalue weighted by Crippen LogP contribution is 2.33. The van der Waals surface area contributed by atoms with Gasteiger partial charge in [-0.3, -0.25) is 9.59 Å². The second kappa shape index (κ2) is 7.11. The van der Waals surface area contributed by atoms with E-state index in [1.54, 1.807) is 24.3 Å². The van der Waals surface area contributed by atoms with Gasteiger partial charge in [-0.25, -0.2) is 4.39 Å². The minimum Gasteiger partial charge on any atom is -0.486 e. The number of pyridine rings is 1. The lowest BCUT2D eigenvalue weighted by molar-refractivity contribution is -0.116. The van der Waals surface area contributed by atoms with Gasteiger partial charge in [0.1, 0.15) is 19.0 Å². The zero-order valence-electron chi connectivity index (χ0n) is 14.4. The Balaban J connectivity index is 1.51. The molecule has 138 valence electrons. The molecule has 7 heteroatoms. The fraction of sp³-hybridized carbons (Fsp3) is 0.200. The normalized spacial score (nSPS) is 12.8. The fourth-order valence-electron chi connectivity index (χ4n) is 3.00. The van der Waals surface area contributed by atoms with E-state index in [0.717, 1.165) is 5.39 Å². The van der Waals surface area contributed by atoms with Gasteiger partial charge in [0, 0.05) is 23.4 Å². The number of carbonyl (C=O) groups excluding carboxylic acids is 1. The first-order valence-corrected chi connectivity index (χ1v) is 8.60. The number of hydrogen-bond donors (Lipinski definition) is 2. The Morgan fingerprint density at radius 2 is 1.85 bits per heavy atom. The Labute approximate surface area is 153 Å². The third-order valence-corrected chi connectivity index (χ3v) is 4.35. The number of fused-ring (bicyclic) bond motifs is 2. The minimum absolute atomic E-state index is 0.0630. The second-order valence-electron chi connectivity index (χ2n) is 6.23. The first kappa shape index (κ1) is 17.1. The average molecular weight is 368 g/mol. The molecule has 0 spiro atoms. The minimum atomic E-state index is -0.499. The number of amides is 1. The molecule has 2 N–H and O–H groups in total. The van der Waals surface area contributed by atoms with Gasteiger partial charge in [0.2, 0.25) is 5.91 Å². The van der Waals surface area contributed by atoms with Crippen molar-refractivity contribution in [1.82, 2.24) is 4.98 Å². The van der Waals surface area contributed by atoms with Crippen molar-refractivity contribution in [3.63, 3.8) is 0 Å². The summed E-state index contributed by atoms with van der Waals surface area (Å²) < 4.78 is 24.7. The van der Waals surface area contributed by atoms with E-state index >= 15 is 0 Å². The quantitative estimate of drug-likeness (QED) is 0.742. The van der Waals surface area contributed by atoms with Crippen molar-refractivity contribution in [1.29, 1.82) is 0 Å². The van der Waals surface area contributed by atoms with Crippen LogP contribution in [0, 0.1) is 5.82 Å². The Kier molecular flexibility index (Phi) is 4.50. The van der Waals surface area contributed by atoms with Gasteiger partial charge in [-0.05, 0) is 30.7 Å². The number of para-hydroxylation sites is 1. The molecule has 1 aliphatic rings. The summed E-state index contributed by atoms with van der Waals surface area (Å²) in [6.07, 6.45) is 0.299. The Hall–Kier alpha value is -3.35. The van der Waals surface area contributed by atoms with Crippen LogP contribution in [0.4, 0.5) is 10.1 Å². The maximum Gasteiger partial charge on any atom is 0.251 e. The number of halogens is 1. The lowest BCUT2D eigenvalue weighted by Gasteiger charge is -2.18. The molecule has 0 saturated carbocycles. The smallest absolute Gasteiger partial charge is 0.251 e. The molecule has 1 amide bonds. The van der Waals surface area contributed by atoms with E-state index < -0.39 is 5.82 Å². The summed E-state index contributed by atoms with van der Waals surface area (Å²) in [6, 6.07) is 11.2. The number of anilines is 1. The number of aromatic nitrogens is 1. The summed E-state index contributed by atoms with van der Waals surface area (Å²) >= 11 is 0. The third kappa shape index (κ3) is 3.62. The molecule has 2 heterocycles. The summed E-state index contributed by atoms with van der Waals surface area (Å²) in [4.78, 5) is 27.2. The molecule has 0 radical (unpaired) electrons. The van der Waals surface area contributed by atoms with Crippen molar-refractivity contribution >= 4 is 22.5 Å². The monoisotopic (exact) mass is 368 g/mol. The molecule has 0 fully saturated rings. The number of rotatable bonds is 4. The van der Waals surface area contributed by atoms with Crippen molar-refractivity contribution < 1.29 is 18.7 Å². The molecule has 0 aliphatic carbocycles. The molecule has 1 aromatic heterocycles. The summed E-state index contributed by atoms with van der Waals surface area (Å²) in [6.45, 7) is 0.947. The van der Waals surface area contributed by atoms with Crippen LogP contribution in [0.1, 0.15) is 12.0 Å². The van der Waals surface area contributed by atoms with Gasteiger partial charge in [0.05, 0.1) is 11.2 Å². The first-order chi connectivity index (χ1) is 13.1. The number of carbonyl (C=O) groups is 1. The van der Waals surface area contributed by atoms with Crippen LogP contribution >= 0.6 is 0 Å². The Morgan fingerprint density at radius 1 is 1.11 bits per heavy atom. The lowest BCUT2D eigenvalue weighted by Crippen LogP contribution is -2.18. The number of nitrogens with one attached hydrogen (secondary N) is 2. The van der Waals surface area contributed by atoms with Gasteiger partial charge in [0.15, 0.2) is 11.5 Å². The van der Waals surface area contributed by atoms with E-state index in [0.29, 0.717) is 35.8 Å². The van der Waals surface area contributed by atoms with Crippen LogP contribution < -0.4 is 20.3 Å². The van der Waals surface area contributed by atoms with Crippen LogP contribution in [0.5, 0.6) is 11.5 Å². The van der Waals surface area contributed by atoms with E-state index in [-0.39, 0.29) is 30.0 Å². The number of hydrogen-bond acceptors (Lipinski definition) is 4. The van der Waals surface area contributed by atoms with Crippen molar-refractivity contribution in [3.8, 4) is 11.5 Å². The molecule has 27 heavy (non-hydrogen) atoms. The van der Waals surface area contributed by atoms with Crippen molar-refractivity contribution in [2.75, 3.05) is 18.5 Å². The molecule has 6 nitrogen and oxygen atoms in total. The molecular weight excluding hydrogens is 351 g/mol. The zero-order chi connectivity index (χ0) is 18.8. The van der Waals surface area contributed by atoms with Crippen molar-refractivity contribution in [2.24, 2.45) is 0 Å². The van der Waals surface area contributed by atoms with E-state index in [4.69, 9.17) is 9.47 Å². The molecule has 2 aromatic carbocycles. The summed E-state index contributed by atoms with van der Waals surface area (Å²) in [5, 5.41) is 3.31. The van der Waals surface area contributed by atoms with Crippen LogP contribution in [-0.2, 0) is 11.2 Å². The fourth-order valence-corrected chi connectivity index (χ4v) is 3.00. The number of aryl methyl sites for hydroxylation is 1.